The number of amides is 2. The number of hydrogen-bond acceptors (Lipinski definition) is 4. The number of hydrogen-bond donors (Lipinski definition) is 4. The molecule has 0 bridgehead atoms. The second-order valence-electron chi connectivity index (χ2n) is 4.34. The SMILES string of the molecule is CCCNC(=O)CNC(=O)C1CNC(C)CN1. The normalized spacial score (nSPS) is 24.1. The van der Waals surface area contributed by atoms with Gasteiger partial charge in [-0.2, -0.15) is 0 Å². The van der Waals surface area contributed by atoms with E-state index >= 15 is 0 Å². The van der Waals surface area contributed by atoms with Crippen LogP contribution < -0.4 is 21.3 Å². The Kier molecular flexibility index (Phi) is 5.93. The van der Waals surface area contributed by atoms with Gasteiger partial charge in [0.2, 0.25) is 11.8 Å². The van der Waals surface area contributed by atoms with Crippen LogP contribution in [0.1, 0.15) is 20.3 Å². The van der Waals surface area contributed by atoms with E-state index in [9.17, 15) is 9.59 Å². The Balaban J connectivity index is 2.18. The Morgan fingerprint density at radius 2 is 2.00 bits per heavy atom. The second-order valence-corrected chi connectivity index (χ2v) is 4.34. The van der Waals surface area contributed by atoms with Gasteiger partial charge in [0.25, 0.3) is 0 Å². The molecule has 17 heavy (non-hydrogen) atoms. The van der Waals surface area contributed by atoms with Crippen molar-refractivity contribution in [2.45, 2.75) is 32.4 Å². The van der Waals surface area contributed by atoms with E-state index in [-0.39, 0.29) is 24.4 Å². The Morgan fingerprint density at radius 3 is 2.59 bits per heavy atom. The smallest absolute Gasteiger partial charge is 0.239 e. The van der Waals surface area contributed by atoms with Crippen molar-refractivity contribution in [3.05, 3.63) is 0 Å². The van der Waals surface area contributed by atoms with Gasteiger partial charge in [0, 0.05) is 25.7 Å². The zero-order valence-electron chi connectivity index (χ0n) is 10.5. The average molecular weight is 242 g/mol. The summed E-state index contributed by atoms with van der Waals surface area (Å²) in [5.41, 5.74) is 0. The van der Waals surface area contributed by atoms with Gasteiger partial charge >= 0.3 is 0 Å². The third-order valence-corrected chi connectivity index (χ3v) is 2.65. The molecule has 6 nitrogen and oxygen atoms in total. The lowest BCUT2D eigenvalue weighted by molar-refractivity contribution is -0.127. The zero-order valence-corrected chi connectivity index (χ0v) is 10.5. The zero-order chi connectivity index (χ0) is 12.7. The molecule has 2 amide bonds. The van der Waals surface area contributed by atoms with Crippen LogP contribution in [0.3, 0.4) is 0 Å². The van der Waals surface area contributed by atoms with Crippen molar-refractivity contribution >= 4 is 11.8 Å². The van der Waals surface area contributed by atoms with Gasteiger partial charge in [-0.05, 0) is 13.3 Å². The first-order valence-corrected chi connectivity index (χ1v) is 6.14. The highest BCUT2D eigenvalue weighted by molar-refractivity contribution is 5.87. The predicted molar refractivity (Wildman–Crippen MR) is 65.6 cm³/mol. The molecule has 0 aromatic rings. The van der Waals surface area contributed by atoms with Crippen LogP contribution in [-0.2, 0) is 9.59 Å². The average Bonchev–Trinajstić information content (AvgIpc) is 2.34. The van der Waals surface area contributed by atoms with E-state index in [0.717, 1.165) is 13.0 Å². The summed E-state index contributed by atoms with van der Waals surface area (Å²) in [6.07, 6.45) is 0.895. The molecule has 0 radical (unpaired) electrons. The van der Waals surface area contributed by atoms with Crippen molar-refractivity contribution in [2.24, 2.45) is 0 Å². The van der Waals surface area contributed by atoms with Crippen LogP contribution in [0.25, 0.3) is 0 Å². The molecule has 1 aliphatic heterocycles. The van der Waals surface area contributed by atoms with E-state index in [2.05, 4.69) is 28.2 Å². The van der Waals surface area contributed by atoms with Crippen molar-refractivity contribution in [2.75, 3.05) is 26.2 Å². The molecule has 1 aliphatic rings. The summed E-state index contributed by atoms with van der Waals surface area (Å²) in [7, 11) is 0. The molecule has 0 aromatic heterocycles. The third-order valence-electron chi connectivity index (χ3n) is 2.65. The quantitative estimate of drug-likeness (QED) is 0.477. The fourth-order valence-electron chi connectivity index (χ4n) is 1.59. The van der Waals surface area contributed by atoms with Crippen LogP contribution >= 0.6 is 0 Å². The highest BCUT2D eigenvalue weighted by Gasteiger charge is 2.23. The maximum absolute atomic E-state index is 11.7. The van der Waals surface area contributed by atoms with Crippen molar-refractivity contribution in [1.82, 2.24) is 21.3 Å². The van der Waals surface area contributed by atoms with E-state index in [1.807, 2.05) is 6.92 Å². The second kappa shape index (κ2) is 7.24. The van der Waals surface area contributed by atoms with E-state index in [0.29, 0.717) is 19.1 Å². The minimum Gasteiger partial charge on any atom is -0.355 e. The van der Waals surface area contributed by atoms with Crippen LogP contribution in [0, 0.1) is 0 Å². The summed E-state index contributed by atoms with van der Waals surface area (Å²) >= 11 is 0. The van der Waals surface area contributed by atoms with Gasteiger partial charge < -0.3 is 21.3 Å². The van der Waals surface area contributed by atoms with Gasteiger partial charge in [0.15, 0.2) is 0 Å². The molecule has 2 atom stereocenters. The topological polar surface area (TPSA) is 82.3 Å². The summed E-state index contributed by atoms with van der Waals surface area (Å²) < 4.78 is 0. The molecular formula is C11H22N4O2. The fraction of sp³-hybridized carbons (Fsp3) is 0.818. The lowest BCUT2D eigenvalue weighted by atomic mass is 10.1. The maximum Gasteiger partial charge on any atom is 0.239 e. The molecule has 0 aliphatic carbocycles. The monoisotopic (exact) mass is 242 g/mol. The number of carbonyl (C=O) groups is 2. The largest absolute Gasteiger partial charge is 0.355 e. The summed E-state index contributed by atoms with van der Waals surface area (Å²) in [6.45, 7) is 6.10. The van der Waals surface area contributed by atoms with Gasteiger partial charge in [-0.25, -0.2) is 0 Å². The summed E-state index contributed by atoms with van der Waals surface area (Å²) in [4.78, 5) is 23.0. The van der Waals surface area contributed by atoms with Crippen LogP contribution in [0.15, 0.2) is 0 Å². The van der Waals surface area contributed by atoms with Crippen LogP contribution in [0.2, 0.25) is 0 Å². The molecule has 0 aromatic carbocycles. The standard InChI is InChI=1S/C11H22N4O2/c1-3-4-12-10(16)7-15-11(17)9-6-13-8(2)5-14-9/h8-9,13-14H,3-7H2,1-2H3,(H,12,16)(H,15,17). The van der Waals surface area contributed by atoms with Crippen LogP contribution in [0.5, 0.6) is 0 Å². The molecule has 1 rings (SSSR count). The van der Waals surface area contributed by atoms with Crippen molar-refractivity contribution in [3.63, 3.8) is 0 Å². The number of piperazine rings is 1. The van der Waals surface area contributed by atoms with Crippen LogP contribution in [-0.4, -0.2) is 50.1 Å². The molecule has 4 N–H and O–H groups in total. The van der Waals surface area contributed by atoms with E-state index in [1.54, 1.807) is 0 Å². The number of carbonyl (C=O) groups excluding carboxylic acids is 2. The summed E-state index contributed by atoms with van der Waals surface area (Å²) in [5, 5.41) is 11.7. The molecular weight excluding hydrogens is 220 g/mol. The lowest BCUT2D eigenvalue weighted by Crippen LogP contribution is -2.59. The minimum atomic E-state index is -0.245. The molecule has 98 valence electrons. The Labute approximate surface area is 102 Å². The number of rotatable bonds is 5. The van der Waals surface area contributed by atoms with Crippen molar-refractivity contribution in [3.8, 4) is 0 Å². The number of nitrogens with one attached hydrogen (secondary N) is 4. The molecule has 2 unspecified atom stereocenters. The Bertz CT molecular complexity index is 262. The first kappa shape index (κ1) is 13.9. The van der Waals surface area contributed by atoms with E-state index in [4.69, 9.17) is 0 Å². The first-order valence-electron chi connectivity index (χ1n) is 6.14. The molecule has 6 heteroatoms. The summed E-state index contributed by atoms with van der Waals surface area (Å²) in [5.74, 6) is -0.270. The van der Waals surface area contributed by atoms with Gasteiger partial charge in [0.05, 0.1) is 12.6 Å². The fourth-order valence-corrected chi connectivity index (χ4v) is 1.59. The third kappa shape index (κ3) is 5.14. The highest BCUT2D eigenvalue weighted by atomic mass is 16.2. The first-order chi connectivity index (χ1) is 8.13. The minimum absolute atomic E-state index is 0.0482. The van der Waals surface area contributed by atoms with E-state index in [1.165, 1.54) is 0 Å². The molecule has 1 saturated heterocycles. The summed E-state index contributed by atoms with van der Waals surface area (Å²) in [6, 6.07) is 0.136. The predicted octanol–water partition coefficient (Wildman–Crippen LogP) is -1.42. The Morgan fingerprint density at radius 1 is 1.24 bits per heavy atom. The van der Waals surface area contributed by atoms with Gasteiger partial charge in [0.1, 0.15) is 0 Å². The Hall–Kier alpha value is -1.14. The molecule has 1 heterocycles. The maximum atomic E-state index is 11.7. The molecule has 0 saturated carbocycles. The van der Waals surface area contributed by atoms with Crippen molar-refractivity contribution < 1.29 is 9.59 Å². The molecule has 0 spiro atoms. The van der Waals surface area contributed by atoms with Gasteiger partial charge in [-0.3, -0.25) is 9.59 Å². The highest BCUT2D eigenvalue weighted by Crippen LogP contribution is 1.92. The lowest BCUT2D eigenvalue weighted by Gasteiger charge is -2.28. The van der Waals surface area contributed by atoms with Crippen molar-refractivity contribution in [1.29, 1.82) is 0 Å². The molecule has 1 fully saturated rings. The van der Waals surface area contributed by atoms with Gasteiger partial charge in [-0.1, -0.05) is 6.92 Å². The van der Waals surface area contributed by atoms with Gasteiger partial charge in [-0.15, -0.1) is 0 Å². The van der Waals surface area contributed by atoms with E-state index < -0.39 is 0 Å². The van der Waals surface area contributed by atoms with Crippen LogP contribution in [0.4, 0.5) is 0 Å².